The first kappa shape index (κ1) is 18.7. The minimum absolute atomic E-state index is 0.124. The number of aromatic nitrogens is 2. The molecule has 0 spiro atoms. The number of rotatable bonds is 6. The highest BCUT2D eigenvalue weighted by molar-refractivity contribution is 7.09. The number of hydrogen-bond acceptors (Lipinski definition) is 6. The fraction of sp³-hybridized carbons (Fsp3) is 0.500. The molecule has 1 aliphatic rings. The van der Waals surface area contributed by atoms with Gasteiger partial charge in [0, 0.05) is 51.2 Å². The van der Waals surface area contributed by atoms with Gasteiger partial charge in [0.25, 0.3) is 0 Å². The normalized spacial score (nSPS) is 15.3. The lowest BCUT2D eigenvalue weighted by Gasteiger charge is -2.34. The maximum Gasteiger partial charge on any atom is 0.242 e. The molecular formula is C18H24FN5OS. The topological polar surface area (TPSA) is 52.6 Å². The van der Waals surface area contributed by atoms with Crippen LogP contribution in [0.15, 0.2) is 24.3 Å². The summed E-state index contributed by atoms with van der Waals surface area (Å²) in [6.07, 6.45) is 0.553. The SMILES string of the molecule is CCN1CCN(C(=O)CN(C)c2nc(Cc3ccc(F)cc3)ns2)CC1. The maximum absolute atomic E-state index is 13.0. The van der Waals surface area contributed by atoms with E-state index in [-0.39, 0.29) is 11.7 Å². The first-order valence-electron chi connectivity index (χ1n) is 8.83. The van der Waals surface area contributed by atoms with E-state index in [2.05, 4.69) is 21.2 Å². The Bertz CT molecular complexity index is 727. The predicted octanol–water partition coefficient (Wildman–Crippen LogP) is 1.87. The van der Waals surface area contributed by atoms with Gasteiger partial charge in [-0.1, -0.05) is 19.1 Å². The number of nitrogens with zero attached hydrogens (tertiary/aromatic N) is 5. The average molecular weight is 377 g/mol. The maximum atomic E-state index is 13.0. The number of carbonyl (C=O) groups excluding carboxylic acids is 1. The summed E-state index contributed by atoms with van der Waals surface area (Å²) in [6.45, 7) is 6.92. The summed E-state index contributed by atoms with van der Waals surface area (Å²) in [5.74, 6) is 0.560. The molecular weight excluding hydrogens is 353 g/mol. The Kier molecular flexibility index (Phi) is 6.16. The van der Waals surface area contributed by atoms with E-state index in [0.717, 1.165) is 43.4 Å². The first-order valence-corrected chi connectivity index (χ1v) is 9.60. The molecule has 0 aliphatic carbocycles. The molecule has 140 valence electrons. The van der Waals surface area contributed by atoms with Gasteiger partial charge < -0.3 is 14.7 Å². The second-order valence-electron chi connectivity index (χ2n) is 6.47. The summed E-state index contributed by atoms with van der Waals surface area (Å²) in [4.78, 5) is 23.1. The van der Waals surface area contributed by atoms with Crippen LogP contribution >= 0.6 is 11.5 Å². The summed E-state index contributed by atoms with van der Waals surface area (Å²) < 4.78 is 17.3. The number of amides is 1. The van der Waals surface area contributed by atoms with Crippen LogP contribution in [0, 0.1) is 5.82 Å². The van der Waals surface area contributed by atoms with Crippen LogP contribution in [0.5, 0.6) is 0 Å². The van der Waals surface area contributed by atoms with Crippen LogP contribution in [-0.2, 0) is 11.2 Å². The molecule has 1 fully saturated rings. The Hall–Kier alpha value is -2.06. The van der Waals surface area contributed by atoms with Crippen LogP contribution < -0.4 is 4.90 Å². The van der Waals surface area contributed by atoms with E-state index < -0.39 is 0 Å². The summed E-state index contributed by atoms with van der Waals surface area (Å²) in [6, 6.07) is 6.34. The molecule has 0 unspecified atom stereocenters. The molecule has 1 aromatic carbocycles. The molecule has 0 atom stereocenters. The zero-order chi connectivity index (χ0) is 18.5. The van der Waals surface area contributed by atoms with Crippen LogP contribution in [0.2, 0.25) is 0 Å². The van der Waals surface area contributed by atoms with Gasteiger partial charge in [-0.15, -0.1) is 0 Å². The Labute approximate surface area is 157 Å². The fourth-order valence-electron chi connectivity index (χ4n) is 2.94. The van der Waals surface area contributed by atoms with Crippen molar-refractivity contribution >= 4 is 22.6 Å². The second kappa shape index (κ2) is 8.55. The monoisotopic (exact) mass is 377 g/mol. The van der Waals surface area contributed by atoms with E-state index in [9.17, 15) is 9.18 Å². The Morgan fingerprint density at radius 2 is 1.92 bits per heavy atom. The average Bonchev–Trinajstić information content (AvgIpc) is 3.12. The van der Waals surface area contributed by atoms with Crippen LogP contribution in [0.1, 0.15) is 18.3 Å². The number of anilines is 1. The smallest absolute Gasteiger partial charge is 0.242 e. The van der Waals surface area contributed by atoms with Gasteiger partial charge in [-0.3, -0.25) is 4.79 Å². The van der Waals surface area contributed by atoms with Crippen molar-refractivity contribution in [3.8, 4) is 0 Å². The van der Waals surface area contributed by atoms with Crippen molar-refractivity contribution in [1.29, 1.82) is 0 Å². The molecule has 0 radical (unpaired) electrons. The molecule has 8 heteroatoms. The highest BCUT2D eigenvalue weighted by Gasteiger charge is 2.22. The van der Waals surface area contributed by atoms with Crippen LogP contribution in [-0.4, -0.2) is 71.4 Å². The van der Waals surface area contributed by atoms with E-state index in [1.54, 1.807) is 12.1 Å². The van der Waals surface area contributed by atoms with Crippen molar-refractivity contribution in [3.05, 3.63) is 41.5 Å². The number of carbonyl (C=O) groups is 1. The standard InChI is InChI=1S/C18H24FN5OS/c1-3-23-8-10-24(11-9-23)17(25)13-22(2)18-20-16(21-26-18)12-14-4-6-15(19)7-5-14/h4-7H,3,8-13H2,1-2H3. The lowest BCUT2D eigenvalue weighted by molar-refractivity contribution is -0.131. The Balaban J connectivity index is 1.53. The summed E-state index contributed by atoms with van der Waals surface area (Å²) in [5.41, 5.74) is 0.961. The molecule has 0 saturated carbocycles. The van der Waals surface area contributed by atoms with Crippen molar-refractivity contribution in [3.63, 3.8) is 0 Å². The number of likely N-dealkylation sites (N-methyl/N-ethyl adjacent to an activating group) is 2. The molecule has 0 N–H and O–H groups in total. The molecule has 1 saturated heterocycles. The lowest BCUT2D eigenvalue weighted by Crippen LogP contribution is -2.50. The molecule has 1 aliphatic heterocycles. The number of halogens is 1. The highest BCUT2D eigenvalue weighted by atomic mass is 32.1. The van der Waals surface area contributed by atoms with Crippen molar-refractivity contribution < 1.29 is 9.18 Å². The third-order valence-corrected chi connectivity index (χ3v) is 5.47. The lowest BCUT2D eigenvalue weighted by atomic mass is 10.1. The van der Waals surface area contributed by atoms with Crippen molar-refractivity contribution in [2.24, 2.45) is 0 Å². The molecule has 1 aromatic heterocycles. The van der Waals surface area contributed by atoms with Gasteiger partial charge >= 0.3 is 0 Å². The Morgan fingerprint density at radius 3 is 2.58 bits per heavy atom. The molecule has 2 aromatic rings. The largest absolute Gasteiger partial charge is 0.341 e. The molecule has 3 rings (SSSR count). The quantitative estimate of drug-likeness (QED) is 0.769. The van der Waals surface area contributed by atoms with Gasteiger partial charge in [0.15, 0.2) is 0 Å². The third-order valence-electron chi connectivity index (χ3n) is 4.60. The van der Waals surface area contributed by atoms with Gasteiger partial charge in [0.1, 0.15) is 11.6 Å². The summed E-state index contributed by atoms with van der Waals surface area (Å²) in [5, 5.41) is 0.725. The van der Waals surface area contributed by atoms with E-state index >= 15 is 0 Å². The van der Waals surface area contributed by atoms with Gasteiger partial charge in [-0.2, -0.15) is 4.37 Å². The van der Waals surface area contributed by atoms with Crippen molar-refractivity contribution in [2.45, 2.75) is 13.3 Å². The van der Waals surface area contributed by atoms with Crippen LogP contribution in [0.25, 0.3) is 0 Å². The Morgan fingerprint density at radius 1 is 1.23 bits per heavy atom. The number of benzene rings is 1. The van der Waals surface area contributed by atoms with E-state index in [0.29, 0.717) is 18.8 Å². The molecule has 6 nitrogen and oxygen atoms in total. The molecule has 26 heavy (non-hydrogen) atoms. The van der Waals surface area contributed by atoms with E-state index in [1.165, 1.54) is 23.7 Å². The van der Waals surface area contributed by atoms with Crippen LogP contribution in [0.3, 0.4) is 0 Å². The zero-order valence-electron chi connectivity index (χ0n) is 15.2. The molecule has 1 amide bonds. The van der Waals surface area contributed by atoms with Gasteiger partial charge in [-0.25, -0.2) is 9.37 Å². The predicted molar refractivity (Wildman–Crippen MR) is 101 cm³/mol. The van der Waals surface area contributed by atoms with Gasteiger partial charge in [-0.05, 0) is 24.2 Å². The molecule has 0 bridgehead atoms. The van der Waals surface area contributed by atoms with E-state index in [4.69, 9.17) is 0 Å². The van der Waals surface area contributed by atoms with Crippen molar-refractivity contribution in [1.82, 2.24) is 19.2 Å². The zero-order valence-corrected chi connectivity index (χ0v) is 16.0. The van der Waals surface area contributed by atoms with Gasteiger partial charge in [0.05, 0.1) is 6.54 Å². The van der Waals surface area contributed by atoms with E-state index in [1.807, 2.05) is 16.8 Å². The minimum atomic E-state index is -0.251. The highest BCUT2D eigenvalue weighted by Crippen LogP contribution is 2.18. The summed E-state index contributed by atoms with van der Waals surface area (Å²) >= 11 is 1.28. The number of piperazine rings is 1. The second-order valence-corrected chi connectivity index (χ2v) is 7.20. The summed E-state index contributed by atoms with van der Waals surface area (Å²) in [7, 11) is 1.86. The van der Waals surface area contributed by atoms with Crippen molar-refractivity contribution in [2.75, 3.05) is 51.2 Å². The van der Waals surface area contributed by atoms with Crippen LogP contribution in [0.4, 0.5) is 9.52 Å². The number of hydrogen-bond donors (Lipinski definition) is 0. The minimum Gasteiger partial charge on any atom is -0.341 e. The third kappa shape index (κ3) is 4.76. The molecule has 2 heterocycles. The fourth-order valence-corrected chi connectivity index (χ4v) is 3.58. The van der Waals surface area contributed by atoms with Gasteiger partial charge in [0.2, 0.25) is 11.0 Å². The first-order chi connectivity index (χ1) is 12.5.